The van der Waals surface area contributed by atoms with Gasteiger partial charge in [-0.05, 0) is 35.6 Å². The van der Waals surface area contributed by atoms with Crippen LogP contribution in [-0.4, -0.2) is 45.7 Å². The van der Waals surface area contributed by atoms with Crippen molar-refractivity contribution in [2.75, 3.05) is 19.0 Å². The van der Waals surface area contributed by atoms with E-state index in [2.05, 4.69) is 15.4 Å². The summed E-state index contributed by atoms with van der Waals surface area (Å²) in [5.41, 5.74) is 3.44. The van der Waals surface area contributed by atoms with Gasteiger partial charge in [-0.3, -0.25) is 9.59 Å². The van der Waals surface area contributed by atoms with Crippen molar-refractivity contribution in [2.24, 2.45) is 0 Å². The van der Waals surface area contributed by atoms with Gasteiger partial charge in [0.1, 0.15) is 6.04 Å². The third-order valence-corrected chi connectivity index (χ3v) is 6.37. The second-order valence-electron chi connectivity index (χ2n) is 7.17. The molecule has 7 nitrogen and oxygen atoms in total. The normalized spacial score (nSPS) is 21.6. The number of rotatable bonds is 3. The van der Waals surface area contributed by atoms with E-state index in [-0.39, 0.29) is 23.6 Å². The molecule has 8 heteroatoms. The smallest absolute Gasteiger partial charge is 0.267 e. The molecule has 0 spiro atoms. The second kappa shape index (κ2) is 7.10. The van der Waals surface area contributed by atoms with Crippen LogP contribution < -0.4 is 10.9 Å². The van der Waals surface area contributed by atoms with Crippen LogP contribution in [0.25, 0.3) is 10.9 Å². The molecular weight excluding hydrogens is 376 g/mol. The largest absolute Gasteiger partial charge is 0.377 e. The highest BCUT2D eigenvalue weighted by molar-refractivity contribution is 7.98. The molecule has 2 unspecified atom stereocenters. The molecule has 2 N–H and O–H groups in total. The molecule has 2 aliphatic rings. The average Bonchev–Trinajstić information content (AvgIpc) is 3.36. The van der Waals surface area contributed by atoms with E-state index in [4.69, 9.17) is 4.74 Å². The number of nitrogens with one attached hydrogen (secondary N) is 2. The first kappa shape index (κ1) is 17.5. The highest BCUT2D eigenvalue weighted by Gasteiger charge is 2.33. The molecule has 0 aliphatic carbocycles. The molecule has 28 heavy (non-hydrogen) atoms. The summed E-state index contributed by atoms with van der Waals surface area (Å²) in [6.07, 6.45) is 2.71. The Kier molecular flexibility index (Phi) is 4.44. The fourth-order valence-corrected chi connectivity index (χ4v) is 4.79. The molecule has 3 aromatic rings. The van der Waals surface area contributed by atoms with Crippen molar-refractivity contribution in [2.45, 2.75) is 24.3 Å². The lowest BCUT2D eigenvalue weighted by molar-refractivity contribution is 0.0924. The number of carbonyl (C=O) groups excluding carboxylic acids is 1. The molecule has 2 atom stereocenters. The van der Waals surface area contributed by atoms with Gasteiger partial charge < -0.3 is 15.0 Å². The van der Waals surface area contributed by atoms with Crippen molar-refractivity contribution in [1.29, 1.82) is 0 Å². The Hall–Kier alpha value is -2.58. The fraction of sp³-hybridized carbons (Fsp3) is 0.350. The molecule has 0 saturated carbocycles. The van der Waals surface area contributed by atoms with E-state index in [1.54, 1.807) is 12.1 Å². The number of carbonyl (C=O) groups is 1. The Labute approximate surface area is 165 Å². The third-order valence-electron chi connectivity index (χ3n) is 5.36. The summed E-state index contributed by atoms with van der Waals surface area (Å²) in [7, 11) is 0. The minimum Gasteiger partial charge on any atom is -0.377 e. The molecule has 2 aromatic heterocycles. The Morgan fingerprint density at radius 1 is 1.29 bits per heavy atom. The number of hydrogen-bond acceptors (Lipinski definition) is 5. The Bertz CT molecular complexity index is 1110. The minimum atomic E-state index is -0.299. The van der Waals surface area contributed by atoms with Crippen LogP contribution in [-0.2, 0) is 16.9 Å². The first-order valence-corrected chi connectivity index (χ1v) is 10.5. The average molecular weight is 396 g/mol. The topological polar surface area (TPSA) is 89.0 Å². The number of aromatic nitrogens is 3. The number of aromatic amines is 1. The van der Waals surface area contributed by atoms with Crippen LogP contribution in [0, 0.1) is 0 Å². The van der Waals surface area contributed by atoms with Crippen LogP contribution in [0.5, 0.6) is 0 Å². The van der Waals surface area contributed by atoms with E-state index in [1.165, 1.54) is 4.68 Å². The van der Waals surface area contributed by atoms with Gasteiger partial charge in [-0.1, -0.05) is 0 Å². The lowest BCUT2D eigenvalue weighted by atomic mass is 10.1. The molecule has 5 rings (SSSR count). The second-order valence-corrected chi connectivity index (χ2v) is 8.27. The van der Waals surface area contributed by atoms with Crippen molar-refractivity contribution < 1.29 is 9.53 Å². The number of amides is 1. The molecule has 1 fully saturated rings. The maximum absolute atomic E-state index is 12.8. The van der Waals surface area contributed by atoms with Crippen molar-refractivity contribution in [3.8, 4) is 0 Å². The molecule has 0 radical (unpaired) electrons. The number of thioether (sulfide) groups is 1. The van der Waals surface area contributed by atoms with Gasteiger partial charge in [0.15, 0.2) is 0 Å². The van der Waals surface area contributed by atoms with Crippen molar-refractivity contribution >= 4 is 28.6 Å². The van der Waals surface area contributed by atoms with E-state index in [1.807, 2.05) is 36.2 Å². The van der Waals surface area contributed by atoms with Gasteiger partial charge in [-0.2, -0.15) is 16.9 Å². The standard InChI is InChI=1S/C20H20N4O3S/c25-19-8-14-11-28-6-4-16(14)23-24(19)18-10-27-9-17(18)22-20(26)13-1-2-15-12(7-13)3-5-21-15/h1-3,5,7-8,17-18,21H,4,6,9-11H2,(H,22,26). The van der Waals surface area contributed by atoms with Crippen molar-refractivity contribution in [3.63, 3.8) is 0 Å². The van der Waals surface area contributed by atoms with Crippen molar-refractivity contribution in [1.82, 2.24) is 20.1 Å². The molecular formula is C20H20N4O3S. The highest BCUT2D eigenvalue weighted by Crippen LogP contribution is 2.24. The lowest BCUT2D eigenvalue weighted by Gasteiger charge is -2.22. The third kappa shape index (κ3) is 3.12. The summed E-state index contributed by atoms with van der Waals surface area (Å²) in [4.78, 5) is 28.5. The van der Waals surface area contributed by atoms with Crippen LogP contribution in [0.4, 0.5) is 0 Å². The summed E-state index contributed by atoms with van der Waals surface area (Å²) in [5, 5.41) is 8.63. The zero-order chi connectivity index (χ0) is 19.1. The molecule has 1 saturated heterocycles. The van der Waals surface area contributed by atoms with Crippen LogP contribution in [0.2, 0.25) is 0 Å². The van der Waals surface area contributed by atoms with Gasteiger partial charge in [0.05, 0.1) is 24.9 Å². The summed E-state index contributed by atoms with van der Waals surface area (Å²) in [6, 6.07) is 8.56. The molecule has 144 valence electrons. The number of aryl methyl sites for hydroxylation is 1. The monoisotopic (exact) mass is 396 g/mol. The maximum atomic E-state index is 12.8. The summed E-state index contributed by atoms with van der Waals surface area (Å²) in [6.45, 7) is 0.728. The van der Waals surface area contributed by atoms with Crippen LogP contribution in [0.15, 0.2) is 41.3 Å². The van der Waals surface area contributed by atoms with Gasteiger partial charge in [0.2, 0.25) is 0 Å². The predicted octanol–water partition coefficient (Wildman–Crippen LogP) is 1.88. The summed E-state index contributed by atoms with van der Waals surface area (Å²) in [5.74, 6) is 1.67. The first-order valence-electron chi connectivity index (χ1n) is 9.34. The number of fused-ring (bicyclic) bond motifs is 2. The number of nitrogens with zero attached hydrogens (tertiary/aromatic N) is 2. The van der Waals surface area contributed by atoms with Gasteiger partial charge >= 0.3 is 0 Å². The van der Waals surface area contributed by atoms with E-state index in [0.717, 1.165) is 40.1 Å². The first-order chi connectivity index (χ1) is 13.7. The number of H-pyrrole nitrogens is 1. The van der Waals surface area contributed by atoms with E-state index in [0.29, 0.717) is 18.8 Å². The molecule has 1 amide bonds. The van der Waals surface area contributed by atoms with Crippen LogP contribution in [0.1, 0.15) is 27.7 Å². The van der Waals surface area contributed by atoms with Gasteiger partial charge in [-0.15, -0.1) is 0 Å². The zero-order valence-electron chi connectivity index (χ0n) is 15.2. The summed E-state index contributed by atoms with van der Waals surface area (Å²) < 4.78 is 7.10. The van der Waals surface area contributed by atoms with E-state index < -0.39 is 0 Å². The van der Waals surface area contributed by atoms with E-state index >= 15 is 0 Å². The molecule has 0 bridgehead atoms. The maximum Gasteiger partial charge on any atom is 0.267 e. The van der Waals surface area contributed by atoms with Crippen LogP contribution >= 0.6 is 11.8 Å². The molecule has 1 aromatic carbocycles. The van der Waals surface area contributed by atoms with Gasteiger partial charge in [0.25, 0.3) is 11.5 Å². The predicted molar refractivity (Wildman–Crippen MR) is 108 cm³/mol. The Morgan fingerprint density at radius 3 is 3.14 bits per heavy atom. The summed E-state index contributed by atoms with van der Waals surface area (Å²) >= 11 is 1.82. The van der Waals surface area contributed by atoms with Gasteiger partial charge in [0, 0.05) is 40.9 Å². The Morgan fingerprint density at radius 2 is 2.21 bits per heavy atom. The van der Waals surface area contributed by atoms with Gasteiger partial charge in [-0.25, -0.2) is 4.68 Å². The molecule has 2 aliphatic heterocycles. The number of benzene rings is 1. The Balaban J connectivity index is 1.39. The quantitative estimate of drug-likeness (QED) is 0.706. The highest BCUT2D eigenvalue weighted by atomic mass is 32.2. The number of hydrogen-bond donors (Lipinski definition) is 2. The van der Waals surface area contributed by atoms with Crippen molar-refractivity contribution in [3.05, 3.63) is 63.7 Å². The fourth-order valence-electron chi connectivity index (χ4n) is 3.83. The zero-order valence-corrected chi connectivity index (χ0v) is 16.0. The minimum absolute atomic E-state index is 0.134. The SMILES string of the molecule is O=C(NC1COCC1n1nc2c(cc1=O)CSCC2)c1ccc2[nH]ccc2c1. The number of ether oxygens (including phenoxy) is 1. The van der Waals surface area contributed by atoms with E-state index in [9.17, 15) is 9.59 Å². The molecule has 4 heterocycles. The van der Waals surface area contributed by atoms with Crippen LogP contribution in [0.3, 0.4) is 0 Å². The lowest BCUT2D eigenvalue weighted by Crippen LogP contribution is -2.44.